The van der Waals surface area contributed by atoms with E-state index in [0.29, 0.717) is 0 Å². The number of ether oxygens (including phenoxy) is 1. The largest absolute Gasteiger partial charge is 0.479 e. The van der Waals surface area contributed by atoms with Crippen LogP contribution in [0.1, 0.15) is 18.1 Å². The van der Waals surface area contributed by atoms with Gasteiger partial charge in [-0.25, -0.2) is 4.79 Å². The Morgan fingerprint density at radius 2 is 1.59 bits per heavy atom. The van der Waals surface area contributed by atoms with E-state index >= 15 is 0 Å². The van der Waals surface area contributed by atoms with E-state index in [1.807, 2.05) is 0 Å². The van der Waals surface area contributed by atoms with Crippen LogP contribution in [0.2, 0.25) is 0 Å². The molecule has 17 heavy (non-hydrogen) atoms. The smallest absolute Gasteiger partial charge is 0.416 e. The standard InChI is InChI=1S/C11H11F3O3/c1-10(17-2,9(15)16)7-3-5-8(6-4-7)11(12,13)14/h3-6H,1-2H3,(H,15,16). The first-order valence-corrected chi connectivity index (χ1v) is 4.68. The first-order valence-electron chi connectivity index (χ1n) is 4.68. The number of carboxylic acid groups (broad SMARTS) is 1. The molecular weight excluding hydrogens is 237 g/mol. The van der Waals surface area contributed by atoms with Crippen LogP contribution in [0.3, 0.4) is 0 Å². The molecule has 1 aromatic rings. The van der Waals surface area contributed by atoms with Crippen molar-refractivity contribution in [2.45, 2.75) is 18.7 Å². The lowest BCUT2D eigenvalue weighted by Gasteiger charge is -2.23. The summed E-state index contributed by atoms with van der Waals surface area (Å²) in [5.41, 5.74) is -2.32. The van der Waals surface area contributed by atoms with Gasteiger partial charge in [-0.3, -0.25) is 0 Å². The second-order valence-corrected chi connectivity index (χ2v) is 3.62. The molecule has 1 atom stereocenters. The first kappa shape index (κ1) is 13.5. The van der Waals surface area contributed by atoms with Crippen LogP contribution < -0.4 is 0 Å². The highest BCUT2D eigenvalue weighted by atomic mass is 19.4. The van der Waals surface area contributed by atoms with Crippen LogP contribution in [0.25, 0.3) is 0 Å². The molecule has 0 aliphatic carbocycles. The van der Waals surface area contributed by atoms with Crippen molar-refractivity contribution in [3.63, 3.8) is 0 Å². The number of carboxylic acids is 1. The Kier molecular flexibility index (Phi) is 3.47. The van der Waals surface area contributed by atoms with E-state index in [4.69, 9.17) is 9.84 Å². The van der Waals surface area contributed by atoms with E-state index in [2.05, 4.69) is 0 Å². The molecular formula is C11H11F3O3. The molecule has 6 heteroatoms. The number of methoxy groups -OCH3 is 1. The molecule has 1 rings (SSSR count). The van der Waals surface area contributed by atoms with Gasteiger partial charge in [0.1, 0.15) is 0 Å². The summed E-state index contributed by atoms with van der Waals surface area (Å²) in [6.07, 6.45) is -4.44. The molecule has 0 radical (unpaired) electrons. The third-order valence-electron chi connectivity index (χ3n) is 2.58. The first-order chi connectivity index (χ1) is 7.71. The minimum atomic E-state index is -4.44. The van der Waals surface area contributed by atoms with Crippen LogP contribution in [0.5, 0.6) is 0 Å². The number of carbonyl (C=O) groups is 1. The zero-order valence-corrected chi connectivity index (χ0v) is 9.21. The van der Waals surface area contributed by atoms with Gasteiger partial charge in [0.15, 0.2) is 5.60 Å². The SMILES string of the molecule is COC(C)(C(=O)O)c1ccc(C(F)(F)F)cc1. The summed E-state index contributed by atoms with van der Waals surface area (Å²) in [4.78, 5) is 11.0. The van der Waals surface area contributed by atoms with Gasteiger partial charge < -0.3 is 9.84 Å². The van der Waals surface area contributed by atoms with Crippen molar-refractivity contribution in [3.8, 4) is 0 Å². The van der Waals surface area contributed by atoms with Gasteiger partial charge in [0, 0.05) is 7.11 Å². The van der Waals surface area contributed by atoms with Gasteiger partial charge in [0.05, 0.1) is 5.56 Å². The van der Waals surface area contributed by atoms with Crippen molar-refractivity contribution in [2.75, 3.05) is 7.11 Å². The maximum atomic E-state index is 12.3. The van der Waals surface area contributed by atoms with Crippen LogP contribution in [0.4, 0.5) is 13.2 Å². The molecule has 0 bridgehead atoms. The summed E-state index contributed by atoms with van der Waals surface area (Å²) in [6, 6.07) is 3.85. The molecule has 0 saturated heterocycles. The van der Waals surface area contributed by atoms with Crippen LogP contribution >= 0.6 is 0 Å². The fourth-order valence-corrected chi connectivity index (χ4v) is 1.31. The monoisotopic (exact) mass is 248 g/mol. The molecule has 1 N–H and O–H groups in total. The summed E-state index contributed by atoms with van der Waals surface area (Å²) < 4.78 is 41.8. The highest BCUT2D eigenvalue weighted by Gasteiger charge is 2.36. The van der Waals surface area contributed by atoms with Gasteiger partial charge in [0.2, 0.25) is 0 Å². The molecule has 0 aromatic heterocycles. The Morgan fingerprint density at radius 1 is 1.18 bits per heavy atom. The number of hydrogen-bond donors (Lipinski definition) is 1. The van der Waals surface area contributed by atoms with E-state index in [9.17, 15) is 18.0 Å². The number of rotatable bonds is 3. The number of alkyl halides is 3. The molecule has 1 aromatic carbocycles. The summed E-state index contributed by atoms with van der Waals surface area (Å²) in [5.74, 6) is -1.26. The molecule has 0 amide bonds. The maximum absolute atomic E-state index is 12.3. The van der Waals surface area contributed by atoms with E-state index in [1.54, 1.807) is 0 Å². The molecule has 94 valence electrons. The van der Waals surface area contributed by atoms with E-state index in [-0.39, 0.29) is 5.56 Å². The molecule has 1 unspecified atom stereocenters. The molecule has 3 nitrogen and oxygen atoms in total. The topological polar surface area (TPSA) is 46.5 Å². The van der Waals surface area contributed by atoms with Crippen molar-refractivity contribution in [2.24, 2.45) is 0 Å². The summed E-state index contributed by atoms with van der Waals surface area (Å²) in [5, 5.41) is 8.97. The van der Waals surface area contributed by atoms with E-state index < -0.39 is 23.3 Å². The molecule has 0 saturated carbocycles. The average Bonchev–Trinajstić information content (AvgIpc) is 2.26. The van der Waals surface area contributed by atoms with Crippen molar-refractivity contribution in [1.29, 1.82) is 0 Å². The Morgan fingerprint density at radius 3 is 1.88 bits per heavy atom. The Bertz CT molecular complexity index is 411. The van der Waals surface area contributed by atoms with Crippen molar-refractivity contribution in [3.05, 3.63) is 35.4 Å². The summed E-state index contributed by atoms with van der Waals surface area (Å²) in [6.45, 7) is 1.28. The lowest BCUT2D eigenvalue weighted by Crippen LogP contribution is -2.34. The van der Waals surface area contributed by atoms with Crippen LogP contribution in [-0.2, 0) is 21.3 Å². The second-order valence-electron chi connectivity index (χ2n) is 3.62. The van der Waals surface area contributed by atoms with Crippen molar-refractivity contribution in [1.82, 2.24) is 0 Å². The zero-order chi connectivity index (χ0) is 13.3. The molecule has 0 heterocycles. The van der Waals surface area contributed by atoms with Crippen LogP contribution in [0.15, 0.2) is 24.3 Å². The highest BCUT2D eigenvalue weighted by molar-refractivity contribution is 5.78. The van der Waals surface area contributed by atoms with E-state index in [0.717, 1.165) is 24.3 Å². The van der Waals surface area contributed by atoms with Crippen molar-refractivity contribution >= 4 is 5.97 Å². The van der Waals surface area contributed by atoms with Gasteiger partial charge in [-0.1, -0.05) is 12.1 Å². The third-order valence-corrected chi connectivity index (χ3v) is 2.58. The maximum Gasteiger partial charge on any atom is 0.416 e. The summed E-state index contributed by atoms with van der Waals surface area (Å²) >= 11 is 0. The second kappa shape index (κ2) is 4.37. The third kappa shape index (κ3) is 2.58. The molecule has 0 fully saturated rings. The van der Waals surface area contributed by atoms with Crippen molar-refractivity contribution < 1.29 is 27.8 Å². The van der Waals surface area contributed by atoms with E-state index in [1.165, 1.54) is 14.0 Å². The lowest BCUT2D eigenvalue weighted by molar-refractivity contribution is -0.161. The van der Waals surface area contributed by atoms with Gasteiger partial charge in [-0.05, 0) is 24.6 Å². The van der Waals surface area contributed by atoms with Gasteiger partial charge in [-0.2, -0.15) is 13.2 Å². The zero-order valence-electron chi connectivity index (χ0n) is 9.21. The predicted molar refractivity (Wildman–Crippen MR) is 53.4 cm³/mol. The molecule has 0 aliphatic rings. The fourth-order valence-electron chi connectivity index (χ4n) is 1.31. The van der Waals surface area contributed by atoms with Gasteiger partial charge in [-0.15, -0.1) is 0 Å². The number of hydrogen-bond acceptors (Lipinski definition) is 2. The Labute approximate surface area is 95.8 Å². The van der Waals surface area contributed by atoms with Crippen LogP contribution in [-0.4, -0.2) is 18.2 Å². The highest BCUT2D eigenvalue weighted by Crippen LogP contribution is 2.31. The number of halogens is 3. The Balaban J connectivity index is 3.14. The minimum Gasteiger partial charge on any atom is -0.479 e. The average molecular weight is 248 g/mol. The van der Waals surface area contributed by atoms with Crippen LogP contribution in [0, 0.1) is 0 Å². The lowest BCUT2D eigenvalue weighted by atomic mass is 9.95. The predicted octanol–water partition coefficient (Wildman–Crippen LogP) is 2.65. The van der Waals surface area contributed by atoms with Gasteiger partial charge >= 0.3 is 12.1 Å². The molecule has 0 aliphatic heterocycles. The number of benzene rings is 1. The fraction of sp³-hybridized carbons (Fsp3) is 0.364. The normalized spacial score (nSPS) is 15.4. The number of aliphatic carboxylic acids is 1. The van der Waals surface area contributed by atoms with Gasteiger partial charge in [0.25, 0.3) is 0 Å². The Hall–Kier alpha value is -1.56. The summed E-state index contributed by atoms with van der Waals surface area (Å²) in [7, 11) is 1.19. The quantitative estimate of drug-likeness (QED) is 0.894. The molecule has 0 spiro atoms. The minimum absolute atomic E-state index is 0.153.